The third-order valence-corrected chi connectivity index (χ3v) is 3.19. The highest BCUT2D eigenvalue weighted by molar-refractivity contribution is 6.01. The lowest BCUT2D eigenvalue weighted by Gasteiger charge is -2.06. The largest absolute Gasteiger partial charge is 0.482 e. The maximum absolute atomic E-state index is 12.1. The Bertz CT molecular complexity index is 823. The summed E-state index contributed by atoms with van der Waals surface area (Å²) < 4.78 is 5.08. The molecule has 25 heavy (non-hydrogen) atoms. The van der Waals surface area contributed by atoms with Gasteiger partial charge in [-0.05, 0) is 29.3 Å². The number of ether oxygens (including phenoxy) is 1. The summed E-state index contributed by atoms with van der Waals surface area (Å²) in [6.07, 6.45) is 1.42. The molecule has 0 spiro atoms. The zero-order valence-corrected chi connectivity index (χ0v) is 13.3. The van der Waals surface area contributed by atoms with Crippen LogP contribution in [0.5, 0.6) is 5.75 Å². The minimum absolute atomic E-state index is 0.0497. The summed E-state index contributed by atoms with van der Waals surface area (Å²) in [5.41, 5.74) is 1.44. The van der Waals surface area contributed by atoms with E-state index in [2.05, 4.69) is 5.32 Å². The van der Waals surface area contributed by atoms with E-state index >= 15 is 0 Å². The number of carboxylic acid groups (broad SMARTS) is 1. The van der Waals surface area contributed by atoms with Gasteiger partial charge in [0.15, 0.2) is 6.61 Å². The van der Waals surface area contributed by atoms with Crippen LogP contribution in [-0.4, -0.2) is 23.6 Å². The van der Waals surface area contributed by atoms with Gasteiger partial charge in [-0.1, -0.05) is 42.5 Å². The molecule has 0 unspecified atom stereocenters. The van der Waals surface area contributed by atoms with Crippen LogP contribution in [0.4, 0.5) is 0 Å². The van der Waals surface area contributed by atoms with Crippen LogP contribution in [0.2, 0.25) is 0 Å². The Labute approximate surface area is 145 Å². The Morgan fingerprint density at radius 2 is 1.92 bits per heavy atom. The lowest BCUT2D eigenvalue weighted by molar-refractivity contribution is -0.139. The average Bonchev–Trinajstić information content (AvgIpc) is 2.63. The van der Waals surface area contributed by atoms with Crippen LogP contribution in [0.1, 0.15) is 11.1 Å². The molecule has 0 saturated carbocycles. The number of nitriles is 1. The molecule has 0 heterocycles. The lowest BCUT2D eigenvalue weighted by atomic mass is 10.1. The molecule has 0 aliphatic rings. The Balaban J connectivity index is 2.06. The van der Waals surface area contributed by atoms with E-state index in [0.29, 0.717) is 17.9 Å². The van der Waals surface area contributed by atoms with Crippen molar-refractivity contribution in [3.63, 3.8) is 0 Å². The summed E-state index contributed by atoms with van der Waals surface area (Å²) in [6, 6.07) is 17.7. The second kappa shape index (κ2) is 8.89. The van der Waals surface area contributed by atoms with Gasteiger partial charge in [0.25, 0.3) is 5.91 Å². The van der Waals surface area contributed by atoms with Crippen molar-refractivity contribution in [2.24, 2.45) is 0 Å². The number of benzene rings is 2. The maximum atomic E-state index is 12.1. The highest BCUT2D eigenvalue weighted by Crippen LogP contribution is 2.16. The van der Waals surface area contributed by atoms with Crippen molar-refractivity contribution < 1.29 is 19.4 Å². The van der Waals surface area contributed by atoms with E-state index in [1.807, 2.05) is 36.4 Å². The number of nitrogens with zero attached hydrogens (tertiary/aromatic N) is 1. The first-order valence-corrected chi connectivity index (χ1v) is 7.47. The molecular formula is C19H16N2O4. The number of hydrogen-bond donors (Lipinski definition) is 2. The number of rotatable bonds is 7. The number of carbonyl (C=O) groups is 2. The standard InChI is InChI=1S/C19H16N2O4/c20-11-16(19(24)21-12-14-5-2-1-3-6-14)9-15-7-4-8-17(10-15)25-13-18(22)23/h1-10H,12-13H2,(H,21,24)(H,22,23)/b16-9+. The van der Waals surface area contributed by atoms with Gasteiger partial charge in [0, 0.05) is 6.54 Å². The molecular weight excluding hydrogens is 320 g/mol. The molecule has 0 aliphatic heterocycles. The Morgan fingerprint density at radius 1 is 1.16 bits per heavy atom. The minimum Gasteiger partial charge on any atom is -0.482 e. The van der Waals surface area contributed by atoms with E-state index in [9.17, 15) is 14.9 Å². The number of carbonyl (C=O) groups excluding carboxylic acids is 1. The van der Waals surface area contributed by atoms with Gasteiger partial charge >= 0.3 is 5.97 Å². The summed E-state index contributed by atoms with van der Waals surface area (Å²) in [4.78, 5) is 22.7. The van der Waals surface area contributed by atoms with E-state index < -0.39 is 18.5 Å². The number of aliphatic carboxylic acids is 1. The molecule has 0 radical (unpaired) electrons. The van der Waals surface area contributed by atoms with Gasteiger partial charge in [-0.15, -0.1) is 0 Å². The summed E-state index contributed by atoms with van der Waals surface area (Å²) in [5.74, 6) is -1.22. The molecule has 0 aromatic heterocycles. The number of amides is 1. The molecule has 0 fully saturated rings. The molecule has 2 aromatic rings. The van der Waals surface area contributed by atoms with Gasteiger partial charge in [0.05, 0.1) is 0 Å². The van der Waals surface area contributed by atoms with Crippen molar-refractivity contribution in [2.45, 2.75) is 6.54 Å². The minimum atomic E-state index is -1.08. The summed E-state index contributed by atoms with van der Waals surface area (Å²) in [6.45, 7) is -0.143. The molecule has 2 rings (SSSR count). The van der Waals surface area contributed by atoms with Gasteiger partial charge < -0.3 is 15.2 Å². The van der Waals surface area contributed by atoms with Crippen molar-refractivity contribution >= 4 is 18.0 Å². The zero-order chi connectivity index (χ0) is 18.1. The molecule has 1 amide bonds. The van der Waals surface area contributed by atoms with Crippen LogP contribution in [-0.2, 0) is 16.1 Å². The van der Waals surface area contributed by atoms with E-state index in [1.54, 1.807) is 24.3 Å². The van der Waals surface area contributed by atoms with E-state index in [-0.39, 0.29) is 5.57 Å². The average molecular weight is 336 g/mol. The Kier molecular flexibility index (Phi) is 6.32. The zero-order valence-electron chi connectivity index (χ0n) is 13.3. The highest BCUT2D eigenvalue weighted by atomic mass is 16.5. The second-order valence-corrected chi connectivity index (χ2v) is 5.09. The monoisotopic (exact) mass is 336 g/mol. The van der Waals surface area contributed by atoms with Crippen LogP contribution >= 0.6 is 0 Å². The number of hydrogen-bond acceptors (Lipinski definition) is 4. The predicted octanol–water partition coefficient (Wildman–Crippen LogP) is 2.37. The first-order chi connectivity index (χ1) is 12.1. The van der Waals surface area contributed by atoms with E-state index in [0.717, 1.165) is 5.56 Å². The molecule has 126 valence electrons. The first kappa shape index (κ1) is 17.8. The van der Waals surface area contributed by atoms with Crippen molar-refractivity contribution in [2.75, 3.05) is 6.61 Å². The maximum Gasteiger partial charge on any atom is 0.341 e. The van der Waals surface area contributed by atoms with Gasteiger partial charge in [0.2, 0.25) is 0 Å². The van der Waals surface area contributed by atoms with Gasteiger partial charge in [-0.2, -0.15) is 5.26 Å². The highest BCUT2D eigenvalue weighted by Gasteiger charge is 2.09. The van der Waals surface area contributed by atoms with Crippen LogP contribution in [0.15, 0.2) is 60.2 Å². The fraction of sp³-hybridized carbons (Fsp3) is 0.105. The fourth-order valence-electron chi connectivity index (χ4n) is 2.03. The molecule has 0 atom stereocenters. The van der Waals surface area contributed by atoms with Gasteiger partial charge in [-0.25, -0.2) is 4.79 Å². The SMILES string of the molecule is N#C/C(=C\c1cccc(OCC(=O)O)c1)C(=O)NCc1ccccc1. The summed E-state index contributed by atoms with van der Waals surface area (Å²) in [7, 11) is 0. The fourth-order valence-corrected chi connectivity index (χ4v) is 2.03. The van der Waals surface area contributed by atoms with Crippen LogP contribution in [0.25, 0.3) is 6.08 Å². The van der Waals surface area contributed by atoms with Crippen LogP contribution in [0.3, 0.4) is 0 Å². The Hall–Kier alpha value is -3.59. The summed E-state index contributed by atoms with van der Waals surface area (Å²) >= 11 is 0. The third-order valence-electron chi connectivity index (χ3n) is 3.19. The van der Waals surface area contributed by atoms with Crippen molar-refractivity contribution in [1.82, 2.24) is 5.32 Å². The smallest absolute Gasteiger partial charge is 0.341 e. The first-order valence-electron chi connectivity index (χ1n) is 7.47. The van der Waals surface area contributed by atoms with Crippen LogP contribution in [0, 0.1) is 11.3 Å². The molecule has 0 saturated heterocycles. The third kappa shape index (κ3) is 5.84. The molecule has 6 nitrogen and oxygen atoms in total. The quantitative estimate of drug-likeness (QED) is 0.597. The van der Waals surface area contributed by atoms with Crippen molar-refractivity contribution in [1.29, 1.82) is 5.26 Å². The lowest BCUT2D eigenvalue weighted by Crippen LogP contribution is -2.23. The number of nitrogens with one attached hydrogen (secondary N) is 1. The predicted molar refractivity (Wildman–Crippen MR) is 91.5 cm³/mol. The van der Waals surface area contributed by atoms with Gasteiger partial charge in [0.1, 0.15) is 17.4 Å². The normalized spacial score (nSPS) is 10.6. The van der Waals surface area contributed by atoms with Gasteiger partial charge in [-0.3, -0.25) is 4.79 Å². The van der Waals surface area contributed by atoms with Crippen molar-refractivity contribution in [3.8, 4) is 11.8 Å². The molecule has 2 N–H and O–H groups in total. The topological polar surface area (TPSA) is 99.4 Å². The van der Waals surface area contributed by atoms with E-state index in [4.69, 9.17) is 9.84 Å². The molecule has 0 bridgehead atoms. The van der Waals surface area contributed by atoms with Crippen molar-refractivity contribution in [3.05, 3.63) is 71.3 Å². The second-order valence-electron chi connectivity index (χ2n) is 5.09. The molecule has 6 heteroatoms. The van der Waals surface area contributed by atoms with Crippen LogP contribution < -0.4 is 10.1 Å². The van der Waals surface area contributed by atoms with E-state index in [1.165, 1.54) is 6.08 Å². The molecule has 2 aromatic carbocycles. The number of carboxylic acids is 1. The Morgan fingerprint density at radius 3 is 2.60 bits per heavy atom. The summed E-state index contributed by atoms with van der Waals surface area (Å²) in [5, 5.41) is 20.5. The molecule has 0 aliphatic carbocycles.